The average Bonchev–Trinajstić information content (AvgIpc) is 2.63. The average molecular weight is 395 g/mol. The molecule has 0 radical (unpaired) electrons. The van der Waals surface area contributed by atoms with Crippen LogP contribution in [0.4, 0.5) is 0 Å². The Balaban J connectivity index is 2.16. The summed E-state index contributed by atoms with van der Waals surface area (Å²) in [6.45, 7) is 5.45. The van der Waals surface area contributed by atoms with E-state index in [4.69, 9.17) is 15.1 Å². The molecule has 0 saturated heterocycles. The summed E-state index contributed by atoms with van der Waals surface area (Å²) in [5, 5.41) is 14.4. The summed E-state index contributed by atoms with van der Waals surface area (Å²) in [4.78, 5) is 12.4. The molecule has 0 amide bonds. The number of nitrogens with zero attached hydrogens (tertiary/aromatic N) is 4. The molecule has 3 heterocycles. The zero-order chi connectivity index (χ0) is 20.5. The first-order chi connectivity index (χ1) is 13.2. The molecule has 9 heteroatoms. The highest BCUT2D eigenvalue weighted by Gasteiger charge is 2.20. The number of hydrogen-bond acceptors (Lipinski definition) is 7. The van der Waals surface area contributed by atoms with Gasteiger partial charge in [0.05, 0.1) is 17.0 Å². The third kappa shape index (κ3) is 3.98. The molecule has 142 valence electrons. The van der Waals surface area contributed by atoms with Crippen LogP contribution >= 0.6 is 0 Å². The highest BCUT2D eigenvalue weighted by molar-refractivity contribution is 7.89. The molecule has 0 aliphatic rings. The number of sulfonamides is 1. The van der Waals surface area contributed by atoms with Crippen LogP contribution in [0.25, 0.3) is 11.3 Å². The van der Waals surface area contributed by atoms with Crippen LogP contribution in [0, 0.1) is 32.1 Å². The standard InChI is InChI=1S/C19H17N5O3S/c1-11-6-12(2)23-13(3)18(11)27-19-17(28(21,25)26)5-4-16(24-19)15-7-14(8-20)9-22-10-15/h4-7,9-10H,1-3H3,(H2,21,25,26). The SMILES string of the molecule is Cc1cc(C)c(Oc2nc(-c3cncc(C#N)c3)ccc2S(N)(=O)=O)c(C)n1. The van der Waals surface area contributed by atoms with Crippen LogP contribution in [0.2, 0.25) is 0 Å². The molecule has 0 spiro atoms. The number of pyridine rings is 3. The predicted molar refractivity (Wildman–Crippen MR) is 102 cm³/mol. The second-order valence-corrected chi connectivity index (χ2v) is 7.75. The van der Waals surface area contributed by atoms with Gasteiger partial charge in [-0.1, -0.05) is 0 Å². The van der Waals surface area contributed by atoms with Crippen molar-refractivity contribution in [1.29, 1.82) is 5.26 Å². The van der Waals surface area contributed by atoms with Crippen molar-refractivity contribution in [3.05, 3.63) is 59.2 Å². The molecule has 0 aliphatic heterocycles. The zero-order valence-electron chi connectivity index (χ0n) is 15.5. The molecule has 3 aromatic heterocycles. The molecule has 3 rings (SSSR count). The van der Waals surface area contributed by atoms with Gasteiger partial charge in [-0.05, 0) is 50.6 Å². The number of primary sulfonamides is 1. The third-order valence-corrected chi connectivity index (χ3v) is 4.87. The second kappa shape index (κ2) is 7.34. The van der Waals surface area contributed by atoms with E-state index in [1.165, 1.54) is 24.5 Å². The third-order valence-electron chi connectivity index (χ3n) is 3.95. The van der Waals surface area contributed by atoms with E-state index in [2.05, 4.69) is 15.0 Å². The van der Waals surface area contributed by atoms with Gasteiger partial charge in [0, 0.05) is 23.7 Å². The molecule has 0 aliphatic carbocycles. The van der Waals surface area contributed by atoms with Crippen molar-refractivity contribution in [2.24, 2.45) is 5.14 Å². The zero-order valence-corrected chi connectivity index (χ0v) is 16.3. The monoisotopic (exact) mass is 395 g/mol. The van der Waals surface area contributed by atoms with E-state index >= 15 is 0 Å². The largest absolute Gasteiger partial charge is 0.435 e. The number of rotatable bonds is 4. The number of nitrogens with two attached hydrogens (primary N) is 1. The van der Waals surface area contributed by atoms with Gasteiger partial charge in [0.1, 0.15) is 11.0 Å². The Labute approximate surface area is 162 Å². The maximum atomic E-state index is 12.0. The summed E-state index contributed by atoms with van der Waals surface area (Å²) >= 11 is 0. The van der Waals surface area contributed by atoms with Crippen LogP contribution < -0.4 is 9.88 Å². The molecule has 0 atom stereocenters. The van der Waals surface area contributed by atoms with Gasteiger partial charge in [-0.3, -0.25) is 9.97 Å². The Bertz CT molecular complexity index is 1190. The molecule has 0 bridgehead atoms. The highest BCUT2D eigenvalue weighted by atomic mass is 32.2. The fraction of sp³-hybridized carbons (Fsp3) is 0.158. The van der Waals surface area contributed by atoms with Crippen LogP contribution in [-0.4, -0.2) is 23.4 Å². The summed E-state index contributed by atoms with van der Waals surface area (Å²) in [6, 6.07) is 8.22. The quantitative estimate of drug-likeness (QED) is 0.718. The lowest BCUT2D eigenvalue weighted by atomic mass is 10.1. The van der Waals surface area contributed by atoms with Crippen molar-refractivity contribution in [2.45, 2.75) is 25.7 Å². The predicted octanol–water partition coefficient (Wildman–Crippen LogP) is 2.78. The number of aromatic nitrogens is 3. The van der Waals surface area contributed by atoms with Crippen LogP contribution in [-0.2, 0) is 10.0 Å². The molecule has 3 aromatic rings. The van der Waals surface area contributed by atoms with Gasteiger partial charge in [-0.25, -0.2) is 18.5 Å². The molecule has 0 saturated carbocycles. The summed E-state index contributed by atoms with van der Waals surface area (Å²) in [7, 11) is -4.08. The fourth-order valence-corrected chi connectivity index (χ4v) is 3.37. The van der Waals surface area contributed by atoms with Gasteiger partial charge < -0.3 is 4.74 Å². The van der Waals surface area contributed by atoms with Crippen molar-refractivity contribution in [1.82, 2.24) is 15.0 Å². The van der Waals surface area contributed by atoms with Crippen LogP contribution in [0.5, 0.6) is 11.6 Å². The van der Waals surface area contributed by atoms with Crippen molar-refractivity contribution in [3.63, 3.8) is 0 Å². The van der Waals surface area contributed by atoms with Gasteiger partial charge in [-0.2, -0.15) is 5.26 Å². The van der Waals surface area contributed by atoms with Crippen molar-refractivity contribution >= 4 is 10.0 Å². The van der Waals surface area contributed by atoms with E-state index < -0.39 is 10.0 Å². The Morgan fingerprint density at radius 3 is 2.50 bits per heavy atom. The number of aryl methyl sites for hydroxylation is 3. The van der Waals surface area contributed by atoms with Crippen molar-refractivity contribution < 1.29 is 13.2 Å². The molecule has 0 aromatic carbocycles. The normalized spacial score (nSPS) is 11.1. The highest BCUT2D eigenvalue weighted by Crippen LogP contribution is 2.32. The van der Waals surface area contributed by atoms with E-state index in [9.17, 15) is 8.42 Å². The van der Waals surface area contributed by atoms with Gasteiger partial charge in [0.15, 0.2) is 5.75 Å². The van der Waals surface area contributed by atoms with Gasteiger partial charge in [-0.15, -0.1) is 0 Å². The fourth-order valence-electron chi connectivity index (χ4n) is 2.78. The first-order valence-electron chi connectivity index (χ1n) is 8.21. The molecular formula is C19H17N5O3S. The summed E-state index contributed by atoms with van der Waals surface area (Å²) in [5.41, 5.74) is 3.48. The summed E-state index contributed by atoms with van der Waals surface area (Å²) in [6.07, 6.45) is 2.94. The summed E-state index contributed by atoms with van der Waals surface area (Å²) in [5.74, 6) is 0.239. The van der Waals surface area contributed by atoms with Gasteiger partial charge in [0.25, 0.3) is 0 Å². The number of nitriles is 1. The summed E-state index contributed by atoms with van der Waals surface area (Å²) < 4.78 is 29.9. The van der Waals surface area contributed by atoms with E-state index in [1.807, 2.05) is 26.0 Å². The first kappa shape index (κ1) is 19.4. The van der Waals surface area contributed by atoms with Gasteiger partial charge >= 0.3 is 0 Å². The number of ether oxygens (including phenoxy) is 1. The molecule has 8 nitrogen and oxygen atoms in total. The lowest BCUT2D eigenvalue weighted by Crippen LogP contribution is -2.14. The minimum Gasteiger partial charge on any atom is -0.435 e. The lowest BCUT2D eigenvalue weighted by molar-refractivity contribution is 0.438. The maximum Gasteiger partial charge on any atom is 0.243 e. The molecule has 0 unspecified atom stereocenters. The molecule has 28 heavy (non-hydrogen) atoms. The topological polar surface area (TPSA) is 132 Å². The lowest BCUT2D eigenvalue weighted by Gasteiger charge is -2.14. The minimum absolute atomic E-state index is 0.167. The Hall–Kier alpha value is -3.35. The van der Waals surface area contributed by atoms with Crippen LogP contribution in [0.15, 0.2) is 41.6 Å². The van der Waals surface area contributed by atoms with E-state index in [-0.39, 0.29) is 10.8 Å². The molecule has 2 N–H and O–H groups in total. The smallest absolute Gasteiger partial charge is 0.243 e. The van der Waals surface area contributed by atoms with Crippen LogP contribution in [0.1, 0.15) is 22.5 Å². The molecular weight excluding hydrogens is 378 g/mol. The van der Waals surface area contributed by atoms with Gasteiger partial charge in [0.2, 0.25) is 15.9 Å². The van der Waals surface area contributed by atoms with E-state index in [0.29, 0.717) is 28.3 Å². The number of hydrogen-bond donors (Lipinski definition) is 1. The Kier molecular flexibility index (Phi) is 5.09. The molecule has 0 fully saturated rings. The maximum absolute atomic E-state index is 12.0. The van der Waals surface area contributed by atoms with Crippen LogP contribution in [0.3, 0.4) is 0 Å². The Morgan fingerprint density at radius 1 is 1.11 bits per heavy atom. The van der Waals surface area contributed by atoms with Crippen molar-refractivity contribution in [3.8, 4) is 29.0 Å². The van der Waals surface area contributed by atoms with Crippen molar-refractivity contribution in [2.75, 3.05) is 0 Å². The minimum atomic E-state index is -4.08. The van der Waals surface area contributed by atoms with E-state index in [1.54, 1.807) is 13.0 Å². The second-order valence-electron chi connectivity index (χ2n) is 6.22. The Morgan fingerprint density at radius 2 is 1.86 bits per heavy atom. The first-order valence-corrected chi connectivity index (χ1v) is 9.75. The van der Waals surface area contributed by atoms with E-state index in [0.717, 1.165) is 11.3 Å².